The van der Waals surface area contributed by atoms with Gasteiger partial charge in [-0.25, -0.2) is 8.78 Å². The van der Waals surface area contributed by atoms with Gasteiger partial charge in [0.25, 0.3) is 5.60 Å². The Morgan fingerprint density at radius 2 is 1.84 bits per heavy atom. The van der Waals surface area contributed by atoms with E-state index in [2.05, 4.69) is 4.74 Å². The molecule has 19 heavy (non-hydrogen) atoms. The number of alkyl halides is 3. The van der Waals surface area contributed by atoms with E-state index in [0.717, 1.165) is 6.92 Å². The molecule has 0 amide bonds. The molecule has 0 aliphatic carbocycles. The lowest BCUT2D eigenvalue weighted by Crippen LogP contribution is -2.45. The van der Waals surface area contributed by atoms with Gasteiger partial charge in [-0.1, -0.05) is 6.07 Å². The summed E-state index contributed by atoms with van der Waals surface area (Å²) in [5, 5.41) is 0. The normalized spacial score (nSPS) is 14.4. The minimum atomic E-state index is -5.18. The van der Waals surface area contributed by atoms with Gasteiger partial charge >= 0.3 is 12.1 Å². The second kappa shape index (κ2) is 4.88. The fourth-order valence-corrected chi connectivity index (χ4v) is 1.41. The molecule has 0 unspecified atom stereocenters. The number of hydrogen-bond donors (Lipinski definition) is 0. The van der Waals surface area contributed by atoms with Crippen LogP contribution in [-0.2, 0) is 15.1 Å². The third kappa shape index (κ3) is 2.67. The maximum atomic E-state index is 13.0. The van der Waals surface area contributed by atoms with E-state index in [1.807, 2.05) is 0 Å². The molecule has 0 heterocycles. The Labute approximate surface area is 105 Å². The SMILES string of the molecule is C#C[C@@](OC(C)=O)(c1ccc(F)c(F)c1)C(F)(F)F. The Morgan fingerprint density at radius 1 is 1.26 bits per heavy atom. The number of carbonyl (C=O) groups excluding carboxylic acids is 1. The quantitative estimate of drug-likeness (QED) is 0.472. The van der Waals surface area contributed by atoms with Crippen molar-refractivity contribution in [3.63, 3.8) is 0 Å². The van der Waals surface area contributed by atoms with Crippen molar-refractivity contribution in [3.05, 3.63) is 35.4 Å². The van der Waals surface area contributed by atoms with Gasteiger partial charge in [0.05, 0.1) is 0 Å². The van der Waals surface area contributed by atoms with E-state index < -0.39 is 34.9 Å². The number of carbonyl (C=O) groups is 1. The number of halogens is 5. The molecule has 0 saturated heterocycles. The summed E-state index contributed by atoms with van der Waals surface area (Å²) in [6.45, 7) is 0.720. The summed E-state index contributed by atoms with van der Waals surface area (Å²) in [6.07, 6.45) is -0.384. The second-order valence-corrected chi connectivity index (χ2v) is 3.55. The predicted octanol–water partition coefficient (Wildman–Crippen LogP) is 2.92. The summed E-state index contributed by atoms with van der Waals surface area (Å²) < 4.78 is 69.0. The van der Waals surface area contributed by atoms with Crippen molar-refractivity contribution in [1.29, 1.82) is 0 Å². The topological polar surface area (TPSA) is 26.3 Å². The summed E-state index contributed by atoms with van der Waals surface area (Å²) in [4.78, 5) is 10.8. The summed E-state index contributed by atoms with van der Waals surface area (Å²) >= 11 is 0. The minimum absolute atomic E-state index is 0.242. The van der Waals surface area contributed by atoms with E-state index >= 15 is 0 Å². The number of benzene rings is 1. The number of ether oxygens (including phenoxy) is 1. The van der Waals surface area contributed by atoms with Crippen molar-refractivity contribution in [2.24, 2.45) is 0 Å². The van der Waals surface area contributed by atoms with Gasteiger partial charge in [-0.3, -0.25) is 4.79 Å². The van der Waals surface area contributed by atoms with E-state index in [-0.39, 0.29) is 6.07 Å². The van der Waals surface area contributed by atoms with Gasteiger partial charge < -0.3 is 4.74 Å². The van der Waals surface area contributed by atoms with Crippen LogP contribution in [-0.4, -0.2) is 12.1 Å². The molecule has 1 rings (SSSR count). The van der Waals surface area contributed by atoms with Crippen LogP contribution in [0.2, 0.25) is 0 Å². The largest absolute Gasteiger partial charge is 0.445 e. The van der Waals surface area contributed by atoms with Crippen LogP contribution in [0.3, 0.4) is 0 Å². The van der Waals surface area contributed by atoms with E-state index in [9.17, 15) is 26.7 Å². The van der Waals surface area contributed by atoms with Crippen molar-refractivity contribution in [3.8, 4) is 12.3 Å². The Kier molecular flexibility index (Phi) is 3.84. The van der Waals surface area contributed by atoms with Gasteiger partial charge in [0, 0.05) is 12.5 Å². The van der Waals surface area contributed by atoms with Crippen molar-refractivity contribution in [2.45, 2.75) is 18.7 Å². The molecular formula is C12H7F5O2. The predicted molar refractivity (Wildman–Crippen MR) is 54.7 cm³/mol. The van der Waals surface area contributed by atoms with Gasteiger partial charge in [0.2, 0.25) is 0 Å². The lowest BCUT2D eigenvalue weighted by atomic mass is 9.93. The lowest BCUT2D eigenvalue weighted by molar-refractivity contribution is -0.252. The number of esters is 1. The molecule has 7 heteroatoms. The molecule has 0 aliphatic rings. The highest BCUT2D eigenvalue weighted by molar-refractivity contribution is 5.67. The molecule has 0 N–H and O–H groups in total. The van der Waals surface area contributed by atoms with Crippen LogP contribution in [0, 0.1) is 24.0 Å². The number of rotatable bonds is 2. The van der Waals surface area contributed by atoms with Crippen LogP contribution in [0.4, 0.5) is 22.0 Å². The molecule has 102 valence electrons. The number of terminal acetylenes is 1. The van der Waals surface area contributed by atoms with Crippen LogP contribution >= 0.6 is 0 Å². The minimum Gasteiger partial charge on any atom is -0.432 e. The summed E-state index contributed by atoms with van der Waals surface area (Å²) in [7, 11) is 0. The van der Waals surface area contributed by atoms with Crippen LogP contribution in [0.1, 0.15) is 12.5 Å². The molecule has 0 saturated carbocycles. The van der Waals surface area contributed by atoms with Crippen molar-refractivity contribution < 1.29 is 31.5 Å². The zero-order chi connectivity index (χ0) is 14.8. The summed E-state index contributed by atoms with van der Waals surface area (Å²) in [5.41, 5.74) is -4.34. The van der Waals surface area contributed by atoms with Gasteiger partial charge in [-0.05, 0) is 18.1 Å². The van der Waals surface area contributed by atoms with Gasteiger partial charge in [-0.15, -0.1) is 6.42 Å². The standard InChI is InChI=1S/C12H7F5O2/c1-3-11(12(15,16)17,19-7(2)18)8-4-5-9(13)10(14)6-8/h1,4-6H,2H3/t11-/m1/s1. The Bertz CT molecular complexity index is 544. The molecular weight excluding hydrogens is 271 g/mol. The first-order valence-electron chi connectivity index (χ1n) is 4.83. The van der Waals surface area contributed by atoms with Gasteiger partial charge in [0.15, 0.2) is 11.6 Å². The Hall–Kier alpha value is -2.10. The third-order valence-corrected chi connectivity index (χ3v) is 2.23. The molecule has 0 fully saturated rings. The zero-order valence-electron chi connectivity index (χ0n) is 9.52. The third-order valence-electron chi connectivity index (χ3n) is 2.23. The fraction of sp³-hybridized carbons (Fsp3) is 0.250. The first kappa shape index (κ1) is 15.0. The van der Waals surface area contributed by atoms with E-state index in [4.69, 9.17) is 6.42 Å². The van der Waals surface area contributed by atoms with Gasteiger partial charge in [0.1, 0.15) is 0 Å². The van der Waals surface area contributed by atoms with Crippen molar-refractivity contribution >= 4 is 5.97 Å². The van der Waals surface area contributed by atoms with E-state index in [1.54, 1.807) is 0 Å². The molecule has 0 aliphatic heterocycles. The highest BCUT2D eigenvalue weighted by Crippen LogP contribution is 2.42. The molecule has 0 radical (unpaired) electrons. The Balaban J connectivity index is 3.51. The highest BCUT2D eigenvalue weighted by Gasteiger charge is 2.58. The van der Waals surface area contributed by atoms with Crippen LogP contribution in [0.25, 0.3) is 0 Å². The second-order valence-electron chi connectivity index (χ2n) is 3.55. The molecule has 0 spiro atoms. The number of hydrogen-bond acceptors (Lipinski definition) is 2. The molecule has 1 atom stereocenters. The highest BCUT2D eigenvalue weighted by atomic mass is 19.4. The van der Waals surface area contributed by atoms with Crippen molar-refractivity contribution in [1.82, 2.24) is 0 Å². The van der Waals surface area contributed by atoms with E-state index in [0.29, 0.717) is 12.1 Å². The fourth-order valence-electron chi connectivity index (χ4n) is 1.41. The first-order chi connectivity index (χ1) is 8.64. The lowest BCUT2D eigenvalue weighted by Gasteiger charge is -2.30. The maximum Gasteiger partial charge on any atom is 0.445 e. The van der Waals surface area contributed by atoms with Crippen LogP contribution < -0.4 is 0 Å². The van der Waals surface area contributed by atoms with Crippen LogP contribution in [0.5, 0.6) is 0 Å². The van der Waals surface area contributed by atoms with Crippen LogP contribution in [0.15, 0.2) is 18.2 Å². The molecule has 0 bridgehead atoms. The summed E-state index contributed by atoms with van der Waals surface area (Å²) in [5.74, 6) is -2.89. The molecule has 0 aromatic heterocycles. The first-order valence-corrected chi connectivity index (χ1v) is 4.83. The van der Waals surface area contributed by atoms with Gasteiger partial charge in [-0.2, -0.15) is 13.2 Å². The average molecular weight is 278 g/mol. The monoisotopic (exact) mass is 278 g/mol. The zero-order valence-corrected chi connectivity index (χ0v) is 9.52. The smallest absolute Gasteiger partial charge is 0.432 e. The maximum absolute atomic E-state index is 13.0. The molecule has 2 nitrogen and oxygen atoms in total. The van der Waals surface area contributed by atoms with E-state index in [1.165, 1.54) is 5.92 Å². The molecule has 1 aromatic carbocycles. The Morgan fingerprint density at radius 3 is 2.21 bits per heavy atom. The molecule has 1 aromatic rings. The summed E-state index contributed by atoms with van der Waals surface area (Å²) in [6, 6.07) is 1.31. The van der Waals surface area contributed by atoms with Crippen molar-refractivity contribution in [2.75, 3.05) is 0 Å². The average Bonchev–Trinajstić information content (AvgIpc) is 2.27.